The molecule has 8 nitrogen and oxygen atoms in total. The molecule has 0 aliphatic rings. The third-order valence-electron chi connectivity index (χ3n) is 4.88. The molecule has 0 unspecified atom stereocenters. The summed E-state index contributed by atoms with van der Waals surface area (Å²) in [6.45, 7) is 2.00. The molecule has 0 N–H and O–H groups in total. The number of fused-ring (bicyclic) bond motifs is 2. The number of rotatable bonds is 8. The number of nitrogens with zero attached hydrogens (tertiary/aromatic N) is 3. The van der Waals surface area contributed by atoms with Gasteiger partial charge in [-0.3, -0.25) is 9.55 Å². The molecule has 2 aromatic heterocycles. The van der Waals surface area contributed by atoms with Crippen molar-refractivity contribution in [3.05, 3.63) is 54.4 Å². The summed E-state index contributed by atoms with van der Waals surface area (Å²) in [5.41, 5.74) is 2.58. The monoisotopic (exact) mass is 453 g/mol. The number of imidazole rings is 1. The van der Waals surface area contributed by atoms with Crippen LogP contribution in [-0.2, 0) is 22.0 Å². The molecule has 0 fully saturated rings. The van der Waals surface area contributed by atoms with Gasteiger partial charge in [0.1, 0.15) is 0 Å². The average molecular weight is 454 g/mol. The summed E-state index contributed by atoms with van der Waals surface area (Å²) in [5, 5.41) is 2.70. The van der Waals surface area contributed by atoms with E-state index in [2.05, 4.69) is 4.98 Å². The molecule has 166 valence electrons. The number of pyridine rings is 1. The number of ether oxygens (including phenoxy) is 4. The van der Waals surface area contributed by atoms with Crippen molar-refractivity contribution in [3.8, 4) is 11.5 Å². The lowest BCUT2D eigenvalue weighted by Crippen LogP contribution is -2.11. The normalized spacial score (nSPS) is 11.0. The van der Waals surface area contributed by atoms with Gasteiger partial charge >= 0.3 is 6.16 Å². The summed E-state index contributed by atoms with van der Waals surface area (Å²) in [7, 11) is 3.23. The lowest BCUT2D eigenvalue weighted by Gasteiger charge is -2.12. The summed E-state index contributed by atoms with van der Waals surface area (Å²) in [4.78, 5) is 21.0. The molecule has 9 heteroatoms. The standard InChI is InChI=1S/C23H23N3O5S/c1-4-30-23(27)31-14-26-19-8-6-5-7-17(19)25-22(26)32-13-18-16-12-21(29-3)20(28-2)11-15(16)9-10-24-18/h5-12H,4,13-14H2,1-3H3. The molecule has 0 amide bonds. The van der Waals surface area contributed by atoms with Crippen LogP contribution in [0.15, 0.2) is 53.8 Å². The van der Waals surface area contributed by atoms with E-state index in [0.29, 0.717) is 17.3 Å². The van der Waals surface area contributed by atoms with Gasteiger partial charge in [0.25, 0.3) is 0 Å². The second-order valence-electron chi connectivity index (χ2n) is 6.74. The molecule has 0 spiro atoms. The predicted molar refractivity (Wildman–Crippen MR) is 122 cm³/mol. The van der Waals surface area contributed by atoms with Crippen LogP contribution in [0.5, 0.6) is 11.5 Å². The Morgan fingerprint density at radius 2 is 1.84 bits per heavy atom. The average Bonchev–Trinajstić information content (AvgIpc) is 3.18. The SMILES string of the molecule is CCOC(=O)OCn1c(SCc2nccc3cc(OC)c(OC)cc23)nc2ccccc21. The summed E-state index contributed by atoms with van der Waals surface area (Å²) in [5.74, 6) is 1.88. The van der Waals surface area contributed by atoms with E-state index in [9.17, 15) is 4.79 Å². The number of hydrogen-bond acceptors (Lipinski definition) is 8. The third-order valence-corrected chi connectivity index (χ3v) is 5.87. The van der Waals surface area contributed by atoms with Crippen molar-refractivity contribution in [3.63, 3.8) is 0 Å². The van der Waals surface area contributed by atoms with E-state index in [0.717, 1.165) is 32.7 Å². The van der Waals surface area contributed by atoms with Gasteiger partial charge in [0.2, 0.25) is 0 Å². The van der Waals surface area contributed by atoms with Gasteiger partial charge in [-0.1, -0.05) is 23.9 Å². The van der Waals surface area contributed by atoms with E-state index < -0.39 is 6.16 Å². The molecule has 0 atom stereocenters. The predicted octanol–water partition coefficient (Wildman–Crippen LogP) is 5.02. The first-order valence-electron chi connectivity index (χ1n) is 10.0. The first-order valence-corrected chi connectivity index (χ1v) is 11.0. The van der Waals surface area contributed by atoms with Crippen LogP contribution in [-0.4, -0.2) is 41.5 Å². The van der Waals surface area contributed by atoms with Crippen LogP contribution in [0.3, 0.4) is 0 Å². The van der Waals surface area contributed by atoms with Gasteiger partial charge in [0, 0.05) is 17.3 Å². The fourth-order valence-corrected chi connectivity index (χ4v) is 4.34. The summed E-state index contributed by atoms with van der Waals surface area (Å²) < 4.78 is 22.9. The highest BCUT2D eigenvalue weighted by atomic mass is 32.2. The minimum atomic E-state index is -0.710. The van der Waals surface area contributed by atoms with Gasteiger partial charge in [-0.25, -0.2) is 9.78 Å². The Labute approximate surface area is 189 Å². The molecule has 2 aromatic carbocycles. The molecule has 32 heavy (non-hydrogen) atoms. The van der Waals surface area contributed by atoms with E-state index >= 15 is 0 Å². The molecule has 0 aliphatic carbocycles. The fourth-order valence-electron chi connectivity index (χ4n) is 3.37. The zero-order chi connectivity index (χ0) is 22.5. The number of para-hydroxylation sites is 2. The summed E-state index contributed by atoms with van der Waals surface area (Å²) in [6.07, 6.45) is 1.06. The zero-order valence-corrected chi connectivity index (χ0v) is 18.8. The lowest BCUT2D eigenvalue weighted by molar-refractivity contribution is 0.0359. The first kappa shape index (κ1) is 21.8. The second-order valence-corrected chi connectivity index (χ2v) is 7.68. The van der Waals surface area contributed by atoms with Gasteiger partial charge in [0.15, 0.2) is 23.4 Å². The smallest absolute Gasteiger partial charge is 0.493 e. The molecule has 4 rings (SSSR count). The minimum absolute atomic E-state index is 0.00959. The van der Waals surface area contributed by atoms with Crippen molar-refractivity contribution >= 4 is 39.7 Å². The Morgan fingerprint density at radius 1 is 1.06 bits per heavy atom. The molecule has 2 heterocycles. The second kappa shape index (κ2) is 9.78. The molecule has 4 aromatic rings. The quantitative estimate of drug-likeness (QED) is 0.271. The van der Waals surface area contributed by atoms with Crippen molar-refractivity contribution in [2.45, 2.75) is 24.6 Å². The maximum absolute atomic E-state index is 11.7. The fraction of sp³-hybridized carbons (Fsp3) is 0.261. The van der Waals surface area contributed by atoms with E-state index in [1.165, 1.54) is 11.8 Å². The number of benzene rings is 2. The van der Waals surface area contributed by atoms with Crippen LogP contribution in [0.4, 0.5) is 4.79 Å². The lowest BCUT2D eigenvalue weighted by atomic mass is 10.1. The zero-order valence-electron chi connectivity index (χ0n) is 18.0. The number of thioether (sulfide) groups is 1. The molecule has 0 aliphatic heterocycles. The molecule has 0 bridgehead atoms. The van der Waals surface area contributed by atoms with Gasteiger partial charge in [-0.2, -0.15) is 0 Å². The highest BCUT2D eigenvalue weighted by Crippen LogP contribution is 2.35. The van der Waals surface area contributed by atoms with Crippen molar-refractivity contribution in [1.82, 2.24) is 14.5 Å². The number of carbonyl (C=O) groups excluding carboxylic acids is 1. The first-order chi connectivity index (χ1) is 15.6. The molecular weight excluding hydrogens is 430 g/mol. The van der Waals surface area contributed by atoms with Gasteiger partial charge in [-0.15, -0.1) is 0 Å². The third kappa shape index (κ3) is 4.43. The Bertz CT molecular complexity index is 1260. The van der Waals surface area contributed by atoms with Crippen LogP contribution in [0.1, 0.15) is 12.6 Å². The number of methoxy groups -OCH3 is 2. The number of hydrogen-bond donors (Lipinski definition) is 0. The van der Waals surface area contributed by atoms with Crippen molar-refractivity contribution in [2.75, 3.05) is 20.8 Å². The minimum Gasteiger partial charge on any atom is -0.493 e. The van der Waals surface area contributed by atoms with Crippen molar-refractivity contribution < 1.29 is 23.7 Å². The van der Waals surface area contributed by atoms with Crippen LogP contribution in [0, 0.1) is 0 Å². The van der Waals surface area contributed by atoms with E-state index in [-0.39, 0.29) is 13.3 Å². The van der Waals surface area contributed by atoms with Crippen LogP contribution in [0.25, 0.3) is 21.8 Å². The Balaban J connectivity index is 1.63. The number of carbonyl (C=O) groups is 1. The largest absolute Gasteiger partial charge is 0.510 e. The van der Waals surface area contributed by atoms with Gasteiger partial charge in [-0.05, 0) is 42.6 Å². The highest BCUT2D eigenvalue weighted by molar-refractivity contribution is 7.98. The van der Waals surface area contributed by atoms with Crippen LogP contribution < -0.4 is 9.47 Å². The maximum Gasteiger partial charge on any atom is 0.510 e. The Hall–Kier alpha value is -3.46. The highest BCUT2D eigenvalue weighted by Gasteiger charge is 2.15. The van der Waals surface area contributed by atoms with E-state index in [4.69, 9.17) is 23.9 Å². The summed E-state index contributed by atoms with van der Waals surface area (Å²) in [6, 6.07) is 13.5. The van der Waals surface area contributed by atoms with E-state index in [1.807, 2.05) is 47.0 Å². The van der Waals surface area contributed by atoms with Crippen molar-refractivity contribution in [2.24, 2.45) is 0 Å². The van der Waals surface area contributed by atoms with Crippen LogP contribution >= 0.6 is 11.8 Å². The maximum atomic E-state index is 11.7. The van der Waals surface area contributed by atoms with Crippen molar-refractivity contribution in [1.29, 1.82) is 0 Å². The van der Waals surface area contributed by atoms with Crippen LogP contribution in [0.2, 0.25) is 0 Å². The molecular formula is C23H23N3O5S. The molecule has 0 saturated carbocycles. The Morgan fingerprint density at radius 3 is 2.62 bits per heavy atom. The topological polar surface area (TPSA) is 84.7 Å². The molecule has 0 saturated heterocycles. The van der Waals surface area contributed by atoms with E-state index in [1.54, 1.807) is 27.3 Å². The van der Waals surface area contributed by atoms with Gasteiger partial charge < -0.3 is 18.9 Å². The number of aromatic nitrogens is 3. The van der Waals surface area contributed by atoms with Gasteiger partial charge in [0.05, 0.1) is 37.6 Å². The Kier molecular flexibility index (Phi) is 6.65. The summed E-state index contributed by atoms with van der Waals surface area (Å²) >= 11 is 1.51. The molecule has 0 radical (unpaired) electrons.